The second-order valence-electron chi connectivity index (χ2n) is 7.01. The smallest absolute Gasteiger partial charge is 0.287 e. The first-order chi connectivity index (χ1) is 14.2. The van der Waals surface area contributed by atoms with Crippen molar-refractivity contribution in [3.8, 4) is 0 Å². The second-order valence-corrected chi connectivity index (χ2v) is 7.45. The molecule has 4 rings (SSSR count). The molecule has 1 fully saturated rings. The van der Waals surface area contributed by atoms with Gasteiger partial charge in [0, 0.05) is 43.1 Å². The lowest BCUT2D eigenvalue weighted by Gasteiger charge is -2.35. The van der Waals surface area contributed by atoms with Crippen LogP contribution in [0.1, 0.15) is 22.0 Å². The number of pyridine rings is 1. The highest BCUT2D eigenvalue weighted by Crippen LogP contribution is 2.21. The maximum absolute atomic E-state index is 12.3. The molecule has 0 bridgehead atoms. The average molecular weight is 411 g/mol. The van der Waals surface area contributed by atoms with E-state index in [1.807, 2.05) is 42.5 Å². The number of nitrogens with one attached hydrogen (secondary N) is 1. The van der Waals surface area contributed by atoms with Gasteiger partial charge >= 0.3 is 0 Å². The van der Waals surface area contributed by atoms with Crippen molar-refractivity contribution in [1.29, 1.82) is 0 Å². The van der Waals surface area contributed by atoms with Crippen LogP contribution in [0.3, 0.4) is 0 Å². The lowest BCUT2D eigenvalue weighted by Crippen LogP contribution is -2.45. The van der Waals surface area contributed by atoms with Gasteiger partial charge in [0.15, 0.2) is 5.76 Å². The molecule has 2 aromatic heterocycles. The Bertz CT molecular complexity index is 952. The summed E-state index contributed by atoms with van der Waals surface area (Å²) in [6.07, 6.45) is 1.71. The molecule has 29 heavy (non-hydrogen) atoms. The van der Waals surface area contributed by atoms with Crippen molar-refractivity contribution in [2.45, 2.75) is 13.1 Å². The zero-order valence-electron chi connectivity index (χ0n) is 16.1. The fourth-order valence-electron chi connectivity index (χ4n) is 3.40. The maximum atomic E-state index is 12.3. The predicted octanol–water partition coefficient (Wildman–Crippen LogP) is 3.58. The highest BCUT2D eigenvalue weighted by Gasteiger charge is 2.19. The maximum Gasteiger partial charge on any atom is 0.287 e. The van der Waals surface area contributed by atoms with E-state index in [2.05, 4.69) is 26.2 Å². The molecule has 0 atom stereocenters. The van der Waals surface area contributed by atoms with E-state index in [1.54, 1.807) is 12.3 Å². The molecule has 0 unspecified atom stereocenters. The minimum absolute atomic E-state index is 0.229. The van der Waals surface area contributed by atoms with Crippen LogP contribution in [0.2, 0.25) is 5.02 Å². The number of halogens is 1. The largest absolute Gasteiger partial charge is 0.455 e. The van der Waals surface area contributed by atoms with Gasteiger partial charge < -0.3 is 14.6 Å². The van der Waals surface area contributed by atoms with Crippen LogP contribution >= 0.6 is 11.6 Å². The number of nitrogens with zero attached hydrogens (tertiary/aromatic N) is 3. The van der Waals surface area contributed by atoms with Crippen LogP contribution in [-0.2, 0) is 13.1 Å². The summed E-state index contributed by atoms with van der Waals surface area (Å²) in [6.45, 7) is 4.78. The van der Waals surface area contributed by atoms with Crippen LogP contribution in [0, 0.1) is 0 Å². The van der Waals surface area contributed by atoms with E-state index in [0.29, 0.717) is 18.8 Å². The Kier molecular flexibility index (Phi) is 6.12. The molecule has 0 aliphatic carbocycles. The van der Waals surface area contributed by atoms with Crippen LogP contribution in [-0.4, -0.2) is 42.0 Å². The molecule has 150 valence electrons. The van der Waals surface area contributed by atoms with E-state index < -0.39 is 0 Å². The van der Waals surface area contributed by atoms with Crippen LogP contribution in [0.4, 0.5) is 5.69 Å². The van der Waals surface area contributed by atoms with Crippen molar-refractivity contribution in [3.05, 3.63) is 83.0 Å². The van der Waals surface area contributed by atoms with Crippen molar-refractivity contribution >= 4 is 23.2 Å². The molecular formula is C22H23ClN4O2. The zero-order valence-corrected chi connectivity index (χ0v) is 16.8. The number of anilines is 1. The minimum atomic E-state index is -0.229. The molecule has 1 amide bonds. The summed E-state index contributed by atoms with van der Waals surface area (Å²) in [6, 6.07) is 17.2. The number of benzene rings is 1. The summed E-state index contributed by atoms with van der Waals surface area (Å²) in [5, 5.41) is 3.59. The van der Waals surface area contributed by atoms with Crippen LogP contribution < -0.4 is 10.2 Å². The summed E-state index contributed by atoms with van der Waals surface area (Å²) in [5.74, 6) is 0.894. The molecule has 1 aliphatic heterocycles. The Balaban J connectivity index is 1.27. The van der Waals surface area contributed by atoms with E-state index in [4.69, 9.17) is 16.0 Å². The average Bonchev–Trinajstić information content (AvgIpc) is 3.22. The first-order valence-corrected chi connectivity index (χ1v) is 10.0. The predicted molar refractivity (Wildman–Crippen MR) is 113 cm³/mol. The normalized spacial score (nSPS) is 14.7. The van der Waals surface area contributed by atoms with Crippen molar-refractivity contribution in [2.75, 3.05) is 31.1 Å². The SMILES string of the molecule is O=C(NCc1ccccn1)c1ccc(CN2CCN(c3cccc(Cl)c3)CC2)o1. The molecule has 3 heterocycles. The number of aromatic nitrogens is 1. The Morgan fingerprint density at radius 3 is 2.69 bits per heavy atom. The van der Waals surface area contributed by atoms with Crippen LogP contribution in [0.5, 0.6) is 0 Å². The number of rotatable bonds is 6. The van der Waals surface area contributed by atoms with Gasteiger partial charge in [0.2, 0.25) is 0 Å². The van der Waals surface area contributed by atoms with E-state index in [9.17, 15) is 4.79 Å². The van der Waals surface area contributed by atoms with Crippen molar-refractivity contribution in [3.63, 3.8) is 0 Å². The number of hydrogen-bond donors (Lipinski definition) is 1. The van der Waals surface area contributed by atoms with Gasteiger partial charge in [0.1, 0.15) is 5.76 Å². The van der Waals surface area contributed by atoms with Gasteiger partial charge in [-0.25, -0.2) is 0 Å². The van der Waals surface area contributed by atoms with Gasteiger partial charge in [-0.2, -0.15) is 0 Å². The lowest BCUT2D eigenvalue weighted by atomic mass is 10.2. The molecule has 0 radical (unpaired) electrons. The summed E-state index contributed by atoms with van der Waals surface area (Å²) < 4.78 is 5.76. The number of amides is 1. The molecule has 3 aromatic rings. The number of carbonyl (C=O) groups is 1. The Labute approximate surface area is 175 Å². The number of furan rings is 1. The topological polar surface area (TPSA) is 61.6 Å². The first-order valence-electron chi connectivity index (χ1n) is 9.67. The summed E-state index contributed by atoms with van der Waals surface area (Å²) >= 11 is 6.10. The molecule has 1 aromatic carbocycles. The van der Waals surface area contributed by atoms with Crippen LogP contribution in [0.15, 0.2) is 65.2 Å². The van der Waals surface area contributed by atoms with Gasteiger partial charge in [0.25, 0.3) is 5.91 Å². The molecule has 0 spiro atoms. The van der Waals surface area contributed by atoms with Crippen molar-refractivity contribution < 1.29 is 9.21 Å². The monoisotopic (exact) mass is 410 g/mol. The standard InChI is InChI=1S/C22H23ClN4O2/c23-17-4-3-6-19(14-17)27-12-10-26(11-13-27)16-20-7-8-21(29-20)22(28)25-15-18-5-1-2-9-24-18/h1-9,14H,10-13,15-16H2,(H,25,28). The molecule has 1 aliphatic rings. The minimum Gasteiger partial charge on any atom is -0.455 e. The van der Waals surface area contributed by atoms with E-state index >= 15 is 0 Å². The molecule has 0 saturated carbocycles. The van der Waals surface area contributed by atoms with Gasteiger partial charge in [-0.3, -0.25) is 14.7 Å². The van der Waals surface area contributed by atoms with E-state index in [0.717, 1.165) is 48.3 Å². The Morgan fingerprint density at radius 2 is 1.93 bits per heavy atom. The van der Waals surface area contributed by atoms with E-state index in [1.165, 1.54) is 0 Å². The fourth-order valence-corrected chi connectivity index (χ4v) is 3.59. The summed E-state index contributed by atoms with van der Waals surface area (Å²) in [5.41, 5.74) is 1.97. The van der Waals surface area contributed by atoms with E-state index in [-0.39, 0.29) is 5.91 Å². The fraction of sp³-hybridized carbons (Fsp3) is 0.273. The number of piperazine rings is 1. The highest BCUT2D eigenvalue weighted by atomic mass is 35.5. The zero-order chi connectivity index (χ0) is 20.1. The highest BCUT2D eigenvalue weighted by molar-refractivity contribution is 6.30. The van der Waals surface area contributed by atoms with Gasteiger partial charge in [-0.05, 0) is 42.5 Å². The molecule has 1 saturated heterocycles. The third kappa shape index (κ3) is 5.16. The number of hydrogen-bond acceptors (Lipinski definition) is 5. The second kappa shape index (κ2) is 9.11. The Morgan fingerprint density at radius 1 is 1.07 bits per heavy atom. The van der Waals surface area contributed by atoms with Crippen LogP contribution in [0.25, 0.3) is 0 Å². The van der Waals surface area contributed by atoms with Gasteiger partial charge in [-0.1, -0.05) is 23.7 Å². The molecule has 6 nitrogen and oxygen atoms in total. The van der Waals surface area contributed by atoms with Crippen molar-refractivity contribution in [2.24, 2.45) is 0 Å². The van der Waals surface area contributed by atoms with Gasteiger partial charge in [-0.15, -0.1) is 0 Å². The molecule has 7 heteroatoms. The summed E-state index contributed by atoms with van der Waals surface area (Å²) in [4.78, 5) is 21.1. The molecule has 1 N–H and O–H groups in total. The first kappa shape index (κ1) is 19.5. The lowest BCUT2D eigenvalue weighted by molar-refractivity contribution is 0.0918. The quantitative estimate of drug-likeness (QED) is 0.673. The summed E-state index contributed by atoms with van der Waals surface area (Å²) in [7, 11) is 0. The van der Waals surface area contributed by atoms with Gasteiger partial charge in [0.05, 0.1) is 18.8 Å². The third-order valence-electron chi connectivity index (χ3n) is 4.97. The number of carbonyl (C=O) groups excluding carboxylic acids is 1. The third-order valence-corrected chi connectivity index (χ3v) is 5.20. The molecular weight excluding hydrogens is 388 g/mol. The Hall–Kier alpha value is -2.83. The van der Waals surface area contributed by atoms with Crippen molar-refractivity contribution in [1.82, 2.24) is 15.2 Å².